The molecule has 0 N–H and O–H groups in total. The summed E-state index contributed by atoms with van der Waals surface area (Å²) in [5.41, 5.74) is 0. The monoisotopic (exact) mass is 1030 g/mol. The van der Waals surface area contributed by atoms with Crippen LogP contribution in [0.5, 0.6) is 0 Å². The Hall–Kier alpha value is 0.313. The third kappa shape index (κ3) is 26.1. The van der Waals surface area contributed by atoms with Crippen LogP contribution in [-0.4, -0.2) is 49.4 Å². The predicted octanol–water partition coefficient (Wildman–Crippen LogP) is 8.59. The Kier molecular flexibility index (Phi) is 27.4. The zero-order chi connectivity index (χ0) is 40.6. The van der Waals surface area contributed by atoms with Crippen LogP contribution in [0.3, 0.4) is 0 Å². The van der Waals surface area contributed by atoms with E-state index < -0.39 is 88.7 Å². The first-order chi connectivity index (χ1) is 20.3. The van der Waals surface area contributed by atoms with Gasteiger partial charge >= 0.3 is 83.0 Å². The smallest absolute Gasteiger partial charge is 0.777 e. The van der Waals surface area contributed by atoms with Gasteiger partial charge in [-0.25, -0.2) is 0 Å². The molecule has 34 heteroatoms. The molecule has 0 aliphatic heterocycles. The molecule has 0 bridgehead atoms. The third-order valence-electron chi connectivity index (χ3n) is 2.98. The van der Waals surface area contributed by atoms with Crippen LogP contribution in [0.15, 0.2) is 39.2 Å². The van der Waals surface area contributed by atoms with Crippen LogP contribution in [0.1, 0.15) is 0 Å². The van der Waals surface area contributed by atoms with Gasteiger partial charge < -0.3 is 75.8 Å². The molecule has 0 saturated heterocycles. The quantitative estimate of drug-likeness (QED) is 0.135. The second kappa shape index (κ2) is 22.0. The molecule has 300 valence electrons. The maximum Gasteiger partial charge on any atom is 3.00 e. The van der Waals surface area contributed by atoms with E-state index in [1.807, 2.05) is 0 Å². The molecule has 0 fully saturated rings. The van der Waals surface area contributed by atoms with Crippen molar-refractivity contribution in [2.75, 3.05) is 0 Å². The molecule has 0 saturated carbocycles. The Balaban J connectivity index is -0.000000127. The topological polar surface area (TPSA) is 0 Å². The van der Waals surface area contributed by atoms with Gasteiger partial charge in [0.15, 0.2) is 0 Å². The van der Waals surface area contributed by atoms with E-state index in [-0.39, 0.29) is 33.6 Å². The third-order valence-corrected chi connectivity index (χ3v) is 7.28. The van der Waals surface area contributed by atoms with E-state index in [2.05, 4.69) is 75.8 Å². The molecule has 0 heterocycles. The normalized spacial score (nSPS) is 15.2. The van der Waals surface area contributed by atoms with Crippen molar-refractivity contribution in [1.82, 2.24) is 0 Å². The molecule has 50 heavy (non-hydrogen) atoms. The Labute approximate surface area is 326 Å². The summed E-state index contributed by atoms with van der Waals surface area (Å²) < 4.78 is 277. The number of allylic oxidation sites excluding steroid dienone is 8. The van der Waals surface area contributed by atoms with Gasteiger partial charge in [-0.2, -0.15) is 105 Å². The fourth-order valence-corrected chi connectivity index (χ4v) is 2.03. The van der Waals surface area contributed by atoms with Gasteiger partial charge in [0.25, 0.3) is 0 Å². The summed E-state index contributed by atoms with van der Waals surface area (Å²) in [6.07, 6.45) is -41.2. The Bertz CT molecular complexity index is 902. The van der Waals surface area contributed by atoms with Crippen LogP contribution in [0.4, 0.5) is 105 Å². The largest absolute Gasteiger partial charge is 3.00 e. The van der Waals surface area contributed by atoms with Crippen molar-refractivity contribution in [3.8, 4) is 0 Å². The molecule has 0 nitrogen and oxygen atoms in total. The Morgan fingerprint density at radius 2 is 0.340 bits per heavy atom. The van der Waals surface area contributed by atoms with Gasteiger partial charge in [-0.1, -0.05) is 0 Å². The fourth-order valence-electron chi connectivity index (χ4n) is 1.06. The number of hydrogen-bond acceptors (Lipinski definition) is 6. The van der Waals surface area contributed by atoms with Gasteiger partial charge in [0.05, 0.1) is 0 Å². The first kappa shape index (κ1) is 62.3. The summed E-state index contributed by atoms with van der Waals surface area (Å²) in [6.45, 7) is 0. The first-order valence-electron chi connectivity index (χ1n) is 9.26. The summed E-state index contributed by atoms with van der Waals surface area (Å²) >= 11 is 24.5. The van der Waals surface area contributed by atoms with Gasteiger partial charge in [-0.15, -0.1) is 19.6 Å². The van der Waals surface area contributed by atoms with Crippen molar-refractivity contribution in [2.45, 2.75) is 49.4 Å². The minimum absolute atomic E-state index is 0. The van der Waals surface area contributed by atoms with Crippen LogP contribution >= 0.6 is 0 Å². The zero-order valence-electron chi connectivity index (χ0n) is 21.2. The SMILES string of the molecule is FC(F)(F)C([S-])=C([S-])C(F)(F)F.FC(F)(F)C([S-])=C([S-])C(F)(F)F.FC(F)(F)C([S-])=C([SH2+])C(F)(F)F.FC(F)(F)C([S-])=C([SH2+])C(F)(F)F.[Co+3].[Co+3]. The van der Waals surface area contributed by atoms with Gasteiger partial charge in [-0.3, -0.25) is 0 Å². The molecule has 0 atom stereocenters. The van der Waals surface area contributed by atoms with Crippen LogP contribution in [0.2, 0.25) is 0 Å². The van der Waals surface area contributed by atoms with Crippen molar-refractivity contribution in [3.63, 3.8) is 0 Å². The molecular formula is C16H4Co2F24S8+2. The van der Waals surface area contributed by atoms with Crippen molar-refractivity contribution < 1.29 is 139 Å². The second-order valence-corrected chi connectivity index (χ2v) is 10.2. The summed E-state index contributed by atoms with van der Waals surface area (Å²) in [5.74, 6) is 0. The van der Waals surface area contributed by atoms with Crippen molar-refractivity contribution in [2.24, 2.45) is 0 Å². The number of halogens is 24. The average Bonchev–Trinajstić information content (AvgIpc) is 2.81. The molecule has 0 spiro atoms. The molecule has 0 aliphatic rings. The van der Waals surface area contributed by atoms with Crippen LogP contribution in [0.25, 0.3) is 0 Å². The van der Waals surface area contributed by atoms with E-state index in [9.17, 15) is 105 Å². The van der Waals surface area contributed by atoms with E-state index in [0.717, 1.165) is 0 Å². The molecule has 0 aromatic rings. The van der Waals surface area contributed by atoms with Crippen molar-refractivity contribution in [1.29, 1.82) is 0 Å². The molecule has 0 radical (unpaired) electrons. The van der Waals surface area contributed by atoms with E-state index in [4.69, 9.17) is 0 Å². The zero-order valence-corrected chi connectivity index (χ0v) is 30.2. The number of hydrogen-bond donors (Lipinski definition) is 0. The van der Waals surface area contributed by atoms with Gasteiger partial charge in [-0.05, 0) is 35.1 Å². The second-order valence-electron chi connectivity index (χ2n) is 6.71. The molecule has 0 unspecified atom stereocenters. The molecule has 0 rings (SSSR count). The van der Waals surface area contributed by atoms with Gasteiger partial charge in [0.1, 0.15) is 0 Å². The van der Waals surface area contributed by atoms with E-state index in [0.29, 0.717) is 0 Å². The number of rotatable bonds is 0. The minimum Gasteiger partial charge on any atom is -0.777 e. The molecule has 0 aromatic heterocycles. The van der Waals surface area contributed by atoms with Crippen LogP contribution in [0, 0.1) is 0 Å². The van der Waals surface area contributed by atoms with Gasteiger partial charge in [0.2, 0.25) is 9.81 Å². The summed E-state index contributed by atoms with van der Waals surface area (Å²) in [4.78, 5) is -17.0. The fraction of sp³-hybridized carbons (Fsp3) is 0.500. The summed E-state index contributed by atoms with van der Waals surface area (Å²) in [6, 6.07) is 0. The maximum absolute atomic E-state index is 11.6. The molecule has 0 amide bonds. The van der Waals surface area contributed by atoms with Crippen molar-refractivity contribution in [3.05, 3.63) is 39.2 Å². The predicted molar refractivity (Wildman–Crippen MR) is 141 cm³/mol. The minimum atomic E-state index is -5.19. The molecule has 0 aliphatic carbocycles. The first-order valence-corrected chi connectivity index (χ1v) is 12.7. The summed E-state index contributed by atoms with van der Waals surface area (Å²) in [5, 5.41) is 0. The standard InChI is InChI=1S/4C4H2F6S2.2Co/c4*5-3(6,7)1(11)2(12)4(8,9)10;;/h4*11-12H;;/q;;;;2*+3/p-4. The van der Waals surface area contributed by atoms with Crippen LogP contribution in [-0.2, 0) is 135 Å². The molecular weight excluding hydrogens is 1020 g/mol. The Morgan fingerprint density at radius 3 is 0.380 bits per heavy atom. The van der Waals surface area contributed by atoms with E-state index in [1.165, 1.54) is 0 Å². The summed E-state index contributed by atoms with van der Waals surface area (Å²) in [7, 11) is 0. The van der Waals surface area contributed by atoms with Crippen LogP contribution < -0.4 is 0 Å². The molecule has 0 aromatic carbocycles. The Morgan fingerprint density at radius 1 is 0.240 bits per heavy atom. The maximum atomic E-state index is 11.6. The van der Waals surface area contributed by atoms with E-state index >= 15 is 0 Å². The van der Waals surface area contributed by atoms with E-state index in [1.54, 1.807) is 25.3 Å². The van der Waals surface area contributed by atoms with Gasteiger partial charge in [0, 0.05) is 0 Å². The number of alkyl halides is 24. The van der Waals surface area contributed by atoms with Crippen molar-refractivity contribution >= 4 is 101 Å². The average molecular weight is 1030 g/mol.